The summed E-state index contributed by atoms with van der Waals surface area (Å²) in [4.78, 5) is 16.5. The fraction of sp³-hybridized carbons (Fsp3) is 0.0667. The molecule has 5 nitrogen and oxygen atoms in total. The van der Waals surface area contributed by atoms with Crippen molar-refractivity contribution >= 4 is 54.0 Å². The van der Waals surface area contributed by atoms with Crippen LogP contribution in [0.15, 0.2) is 41.3 Å². The molecule has 124 valence electrons. The van der Waals surface area contributed by atoms with Gasteiger partial charge < -0.3 is 0 Å². The number of hydrogen-bond acceptors (Lipinski definition) is 5. The first-order valence-corrected chi connectivity index (χ1v) is 9.70. The van der Waals surface area contributed by atoms with E-state index in [4.69, 9.17) is 11.6 Å². The van der Waals surface area contributed by atoms with Crippen LogP contribution in [0.3, 0.4) is 0 Å². The van der Waals surface area contributed by atoms with E-state index in [0.717, 1.165) is 23.7 Å². The van der Waals surface area contributed by atoms with Crippen molar-refractivity contribution in [3.05, 3.63) is 52.8 Å². The molecule has 9 heteroatoms. The Labute approximate surface area is 146 Å². The summed E-state index contributed by atoms with van der Waals surface area (Å²) in [5.41, 5.74) is 0.341. The molecule has 1 amide bonds. The maximum Gasteiger partial charge on any atom is 0.260 e. The molecule has 1 heterocycles. The van der Waals surface area contributed by atoms with Gasteiger partial charge in [0, 0.05) is 11.3 Å². The first-order chi connectivity index (χ1) is 11.2. The van der Waals surface area contributed by atoms with Crippen molar-refractivity contribution in [3.63, 3.8) is 0 Å². The average Bonchev–Trinajstić information content (AvgIpc) is 2.89. The van der Waals surface area contributed by atoms with Gasteiger partial charge in [0.2, 0.25) is 0 Å². The summed E-state index contributed by atoms with van der Waals surface area (Å²) in [5, 5.41) is 2.97. The van der Waals surface area contributed by atoms with Crippen LogP contribution in [0.1, 0.15) is 10.4 Å². The molecule has 0 atom stereocenters. The summed E-state index contributed by atoms with van der Waals surface area (Å²) in [6, 6.07) is 8.16. The van der Waals surface area contributed by atoms with Gasteiger partial charge in [0.1, 0.15) is 5.82 Å². The fourth-order valence-electron chi connectivity index (χ4n) is 2.03. The highest BCUT2D eigenvalue weighted by Crippen LogP contribution is 2.28. The van der Waals surface area contributed by atoms with Gasteiger partial charge in [-0.25, -0.2) is 17.8 Å². The Balaban J connectivity index is 1.93. The van der Waals surface area contributed by atoms with Crippen molar-refractivity contribution in [2.75, 3.05) is 11.6 Å². The Kier molecular flexibility index (Phi) is 4.29. The topological polar surface area (TPSA) is 76.1 Å². The van der Waals surface area contributed by atoms with Crippen molar-refractivity contribution in [1.29, 1.82) is 0 Å². The van der Waals surface area contributed by atoms with Gasteiger partial charge in [-0.2, -0.15) is 0 Å². The van der Waals surface area contributed by atoms with E-state index in [-0.39, 0.29) is 20.6 Å². The number of benzene rings is 2. The van der Waals surface area contributed by atoms with E-state index in [1.54, 1.807) is 6.07 Å². The molecule has 0 bridgehead atoms. The van der Waals surface area contributed by atoms with E-state index in [0.29, 0.717) is 10.2 Å². The van der Waals surface area contributed by atoms with E-state index >= 15 is 0 Å². The molecule has 3 rings (SSSR count). The van der Waals surface area contributed by atoms with Gasteiger partial charge in [-0.15, -0.1) is 0 Å². The minimum atomic E-state index is -3.33. The number of sulfone groups is 1. The molecule has 24 heavy (non-hydrogen) atoms. The van der Waals surface area contributed by atoms with Crippen molar-refractivity contribution in [1.82, 2.24) is 4.98 Å². The molecule has 1 N–H and O–H groups in total. The molecule has 3 aromatic rings. The second-order valence-electron chi connectivity index (χ2n) is 5.00. The highest BCUT2D eigenvalue weighted by atomic mass is 35.5. The molecule has 0 aliphatic rings. The second kappa shape index (κ2) is 6.12. The van der Waals surface area contributed by atoms with Crippen LogP contribution in [0.4, 0.5) is 9.52 Å². The predicted molar refractivity (Wildman–Crippen MR) is 92.1 cm³/mol. The van der Waals surface area contributed by atoms with Crippen LogP contribution >= 0.6 is 22.9 Å². The van der Waals surface area contributed by atoms with Crippen LogP contribution in [0.5, 0.6) is 0 Å². The second-order valence-corrected chi connectivity index (χ2v) is 8.48. The number of thiazole rings is 1. The SMILES string of the molecule is CS(=O)(=O)c1ccc2nc(NC(=O)c3cc(Cl)ccc3F)sc2c1. The zero-order valence-corrected chi connectivity index (χ0v) is 14.6. The Morgan fingerprint density at radius 2 is 2.00 bits per heavy atom. The number of rotatable bonds is 3. The van der Waals surface area contributed by atoms with Gasteiger partial charge in [-0.1, -0.05) is 22.9 Å². The van der Waals surface area contributed by atoms with Crippen molar-refractivity contribution < 1.29 is 17.6 Å². The Morgan fingerprint density at radius 1 is 1.25 bits per heavy atom. The number of nitrogens with zero attached hydrogens (tertiary/aromatic N) is 1. The number of anilines is 1. The van der Waals surface area contributed by atoms with Gasteiger partial charge in [-0.3, -0.25) is 10.1 Å². The third-order valence-corrected chi connectivity index (χ3v) is 5.46. The lowest BCUT2D eigenvalue weighted by Gasteiger charge is -2.03. The largest absolute Gasteiger partial charge is 0.298 e. The molecule has 0 spiro atoms. The minimum Gasteiger partial charge on any atom is -0.298 e. The molecule has 0 saturated heterocycles. The lowest BCUT2D eigenvalue weighted by Crippen LogP contribution is -2.13. The number of carbonyl (C=O) groups excluding carboxylic acids is 1. The van der Waals surface area contributed by atoms with Gasteiger partial charge in [0.25, 0.3) is 5.91 Å². The molecule has 0 unspecified atom stereocenters. The maximum absolute atomic E-state index is 13.7. The zero-order valence-electron chi connectivity index (χ0n) is 12.2. The molecule has 0 aliphatic heterocycles. The number of nitrogens with one attached hydrogen (secondary N) is 1. The standard InChI is InChI=1S/C15H10ClFN2O3S2/c1-24(21,22)9-3-5-12-13(7-9)23-15(18-12)19-14(20)10-6-8(16)2-4-11(10)17/h2-7H,1H3,(H,18,19,20). The number of hydrogen-bond donors (Lipinski definition) is 1. The summed E-state index contributed by atoms with van der Waals surface area (Å²) in [6.07, 6.45) is 1.11. The minimum absolute atomic E-state index is 0.164. The summed E-state index contributed by atoms with van der Waals surface area (Å²) < 4.78 is 37.5. The van der Waals surface area contributed by atoms with Crippen molar-refractivity contribution in [2.24, 2.45) is 0 Å². The van der Waals surface area contributed by atoms with E-state index in [1.807, 2.05) is 0 Å². The van der Waals surface area contributed by atoms with Gasteiger partial charge in [-0.05, 0) is 36.4 Å². The zero-order chi connectivity index (χ0) is 17.5. The molecule has 0 aliphatic carbocycles. The summed E-state index contributed by atoms with van der Waals surface area (Å²) in [5.74, 6) is -1.38. The quantitative estimate of drug-likeness (QED) is 0.746. The van der Waals surface area contributed by atoms with Crippen LogP contribution in [0.2, 0.25) is 5.02 Å². The number of fused-ring (bicyclic) bond motifs is 1. The Hall–Kier alpha value is -2.03. The molecule has 0 fully saturated rings. The summed E-state index contributed by atoms with van der Waals surface area (Å²) in [6.45, 7) is 0. The third-order valence-electron chi connectivity index (χ3n) is 3.18. The highest BCUT2D eigenvalue weighted by Gasteiger charge is 2.16. The third kappa shape index (κ3) is 3.40. The number of amides is 1. The van der Waals surface area contributed by atoms with E-state index < -0.39 is 21.6 Å². The van der Waals surface area contributed by atoms with Crippen LogP contribution in [-0.4, -0.2) is 25.6 Å². The van der Waals surface area contributed by atoms with Gasteiger partial charge >= 0.3 is 0 Å². The lowest BCUT2D eigenvalue weighted by atomic mass is 10.2. The van der Waals surface area contributed by atoms with E-state index in [1.165, 1.54) is 24.3 Å². The van der Waals surface area contributed by atoms with Crippen molar-refractivity contribution in [3.8, 4) is 0 Å². The van der Waals surface area contributed by atoms with Crippen LogP contribution < -0.4 is 5.32 Å². The van der Waals surface area contributed by atoms with Crippen LogP contribution in [-0.2, 0) is 9.84 Å². The molecule has 1 aromatic heterocycles. The monoisotopic (exact) mass is 384 g/mol. The molecular formula is C15H10ClFN2O3S2. The van der Waals surface area contributed by atoms with Gasteiger partial charge in [0.15, 0.2) is 15.0 Å². The average molecular weight is 385 g/mol. The van der Waals surface area contributed by atoms with E-state index in [9.17, 15) is 17.6 Å². The summed E-state index contributed by atoms with van der Waals surface area (Å²) >= 11 is 6.87. The first-order valence-electron chi connectivity index (χ1n) is 6.61. The van der Waals surface area contributed by atoms with Gasteiger partial charge in [0.05, 0.1) is 20.7 Å². The smallest absolute Gasteiger partial charge is 0.260 e. The number of aromatic nitrogens is 1. The lowest BCUT2D eigenvalue weighted by molar-refractivity contribution is 0.102. The van der Waals surface area contributed by atoms with E-state index in [2.05, 4.69) is 10.3 Å². The van der Waals surface area contributed by atoms with Crippen LogP contribution in [0, 0.1) is 5.82 Å². The van der Waals surface area contributed by atoms with Crippen LogP contribution in [0.25, 0.3) is 10.2 Å². The molecule has 2 aromatic carbocycles. The predicted octanol–water partition coefficient (Wildman–Crippen LogP) is 3.74. The number of carbonyl (C=O) groups is 1. The van der Waals surface area contributed by atoms with Crippen molar-refractivity contribution in [2.45, 2.75) is 4.90 Å². The maximum atomic E-state index is 13.7. The highest BCUT2D eigenvalue weighted by molar-refractivity contribution is 7.90. The Morgan fingerprint density at radius 3 is 2.71 bits per heavy atom. The molecule has 0 saturated carbocycles. The first kappa shape index (κ1) is 16.8. The fourth-order valence-corrected chi connectivity index (χ4v) is 3.82. The Bertz CT molecular complexity index is 1060. The number of halogens is 2. The molecular weight excluding hydrogens is 375 g/mol. The normalized spacial score (nSPS) is 11.6. The summed E-state index contributed by atoms with van der Waals surface area (Å²) in [7, 11) is -3.33. The molecule has 0 radical (unpaired) electrons.